The van der Waals surface area contributed by atoms with Crippen molar-refractivity contribution in [3.05, 3.63) is 0 Å². The molecule has 0 N–H and O–H groups in total. The highest BCUT2D eigenvalue weighted by Gasteiger charge is 2.29. The standard InChI is InChI=1S/C17H42O3Si3/c1-8-18-23(7,19-9-2)17-15-13-11-10-12-14-16-22(5,6)20-21(3)4/h21H,8-17H2,1-7H3. The average molecular weight is 379 g/mol. The van der Waals surface area contributed by atoms with Crippen molar-refractivity contribution in [1.82, 2.24) is 0 Å². The molecule has 0 heterocycles. The van der Waals surface area contributed by atoms with E-state index in [9.17, 15) is 0 Å². The van der Waals surface area contributed by atoms with Crippen LogP contribution in [0, 0.1) is 0 Å². The molecule has 0 aromatic heterocycles. The molecule has 0 rings (SSSR count). The lowest BCUT2D eigenvalue weighted by Gasteiger charge is -2.26. The van der Waals surface area contributed by atoms with Crippen LogP contribution in [0.1, 0.15) is 52.4 Å². The fourth-order valence-corrected chi connectivity index (χ4v) is 12.4. The quantitative estimate of drug-likeness (QED) is 0.271. The molecule has 0 saturated carbocycles. The molecule has 0 bridgehead atoms. The second-order valence-electron chi connectivity index (χ2n) is 7.55. The minimum Gasteiger partial charge on any atom is -0.458 e. The third kappa shape index (κ3) is 13.5. The molecule has 23 heavy (non-hydrogen) atoms. The Labute approximate surface area is 149 Å². The molecule has 0 fully saturated rings. The van der Waals surface area contributed by atoms with Gasteiger partial charge in [-0.3, -0.25) is 0 Å². The summed E-state index contributed by atoms with van der Waals surface area (Å²) in [7, 11) is -4.08. The Balaban J connectivity index is 3.66. The number of hydrogen-bond acceptors (Lipinski definition) is 3. The van der Waals surface area contributed by atoms with E-state index in [0.717, 1.165) is 19.3 Å². The Morgan fingerprint density at radius 2 is 1.13 bits per heavy atom. The van der Waals surface area contributed by atoms with Crippen molar-refractivity contribution in [2.45, 2.75) is 97.2 Å². The van der Waals surface area contributed by atoms with Crippen LogP contribution >= 0.6 is 0 Å². The zero-order valence-electron chi connectivity index (χ0n) is 16.9. The zero-order chi connectivity index (χ0) is 17.8. The van der Waals surface area contributed by atoms with Gasteiger partial charge in [0.25, 0.3) is 0 Å². The molecule has 0 spiro atoms. The van der Waals surface area contributed by atoms with Gasteiger partial charge in [-0.1, -0.05) is 38.5 Å². The molecule has 0 aromatic rings. The zero-order valence-corrected chi connectivity index (χ0v) is 20.0. The molecule has 3 nitrogen and oxygen atoms in total. The molecule has 0 radical (unpaired) electrons. The first-order chi connectivity index (χ1) is 10.7. The molecule has 140 valence electrons. The maximum Gasteiger partial charge on any atom is 0.334 e. The third-order valence-electron chi connectivity index (χ3n) is 4.11. The summed E-state index contributed by atoms with van der Waals surface area (Å²) in [6.07, 6.45) is 8.01. The fraction of sp³-hybridized carbons (Fsp3) is 1.00. The molecular weight excluding hydrogens is 336 g/mol. The van der Waals surface area contributed by atoms with Crippen LogP contribution in [0.5, 0.6) is 0 Å². The summed E-state index contributed by atoms with van der Waals surface area (Å²) in [5.41, 5.74) is 0. The second kappa shape index (κ2) is 12.8. The lowest BCUT2D eigenvalue weighted by Crippen LogP contribution is -2.38. The summed E-state index contributed by atoms with van der Waals surface area (Å²) in [5, 5.41) is 0. The number of unbranched alkanes of at least 4 members (excludes halogenated alkanes) is 5. The summed E-state index contributed by atoms with van der Waals surface area (Å²) in [6.45, 7) is 17.3. The predicted molar refractivity (Wildman–Crippen MR) is 110 cm³/mol. The molecule has 0 aliphatic rings. The summed E-state index contributed by atoms with van der Waals surface area (Å²) in [6, 6.07) is 2.47. The molecule has 0 saturated heterocycles. The second-order valence-corrected chi connectivity index (χ2v) is 18.0. The smallest absolute Gasteiger partial charge is 0.334 e. The molecule has 0 atom stereocenters. The van der Waals surface area contributed by atoms with Crippen molar-refractivity contribution >= 4 is 25.9 Å². The molecule has 6 heteroatoms. The fourth-order valence-electron chi connectivity index (χ4n) is 3.20. The third-order valence-corrected chi connectivity index (χ3v) is 13.2. The minimum absolute atomic E-state index is 0.781. The molecule has 0 aliphatic carbocycles. The lowest BCUT2D eigenvalue weighted by molar-refractivity contribution is 0.188. The first-order valence-corrected chi connectivity index (χ1v) is 18.1. The van der Waals surface area contributed by atoms with Crippen LogP contribution in [-0.4, -0.2) is 39.1 Å². The van der Waals surface area contributed by atoms with Crippen molar-refractivity contribution in [1.29, 1.82) is 0 Å². The van der Waals surface area contributed by atoms with Crippen LogP contribution in [0.25, 0.3) is 0 Å². The van der Waals surface area contributed by atoms with E-state index in [0.29, 0.717) is 0 Å². The number of rotatable bonds is 15. The van der Waals surface area contributed by atoms with Gasteiger partial charge < -0.3 is 13.0 Å². The number of hydrogen-bond donors (Lipinski definition) is 0. The van der Waals surface area contributed by atoms with Gasteiger partial charge in [-0.05, 0) is 58.7 Å². The van der Waals surface area contributed by atoms with Crippen LogP contribution in [-0.2, 0) is 13.0 Å². The van der Waals surface area contributed by atoms with E-state index in [2.05, 4.69) is 46.6 Å². The van der Waals surface area contributed by atoms with Gasteiger partial charge in [-0.2, -0.15) is 0 Å². The molecule has 0 aromatic carbocycles. The Morgan fingerprint density at radius 3 is 1.57 bits per heavy atom. The van der Waals surface area contributed by atoms with E-state index in [4.69, 9.17) is 13.0 Å². The maximum absolute atomic E-state index is 6.22. The Kier molecular flexibility index (Phi) is 13.1. The Morgan fingerprint density at radius 1 is 0.696 bits per heavy atom. The van der Waals surface area contributed by atoms with Crippen LogP contribution < -0.4 is 0 Å². The van der Waals surface area contributed by atoms with Gasteiger partial charge in [0.05, 0.1) is 0 Å². The van der Waals surface area contributed by atoms with Gasteiger partial charge >= 0.3 is 8.56 Å². The van der Waals surface area contributed by atoms with Gasteiger partial charge in [0.2, 0.25) is 0 Å². The first-order valence-electron chi connectivity index (χ1n) is 9.70. The summed E-state index contributed by atoms with van der Waals surface area (Å²) < 4.78 is 18.0. The van der Waals surface area contributed by atoms with E-state index in [1.807, 2.05) is 0 Å². The lowest BCUT2D eigenvalue weighted by atomic mass is 10.1. The first kappa shape index (κ1) is 23.5. The molecule has 0 unspecified atom stereocenters. The van der Waals surface area contributed by atoms with Gasteiger partial charge in [0, 0.05) is 13.2 Å². The monoisotopic (exact) mass is 378 g/mol. The predicted octanol–water partition coefficient (Wildman–Crippen LogP) is 5.68. The molecule has 0 amide bonds. The van der Waals surface area contributed by atoms with Crippen LogP contribution in [0.2, 0.25) is 44.8 Å². The van der Waals surface area contributed by atoms with Gasteiger partial charge in [-0.25, -0.2) is 0 Å². The van der Waals surface area contributed by atoms with E-state index >= 15 is 0 Å². The Bertz CT molecular complexity index is 280. The van der Waals surface area contributed by atoms with Crippen molar-refractivity contribution in [3.63, 3.8) is 0 Å². The molecular formula is C17H42O3Si3. The highest BCUT2D eigenvalue weighted by molar-refractivity contribution is 6.77. The van der Waals surface area contributed by atoms with E-state index < -0.39 is 25.9 Å². The van der Waals surface area contributed by atoms with Crippen LogP contribution in [0.3, 0.4) is 0 Å². The summed E-state index contributed by atoms with van der Waals surface area (Å²) in [4.78, 5) is 0. The van der Waals surface area contributed by atoms with Gasteiger partial charge in [0.15, 0.2) is 17.4 Å². The minimum atomic E-state index is -1.87. The van der Waals surface area contributed by atoms with Crippen LogP contribution in [0.15, 0.2) is 0 Å². The maximum atomic E-state index is 6.22. The Hall–Kier alpha value is 0.531. The largest absolute Gasteiger partial charge is 0.458 e. The van der Waals surface area contributed by atoms with Gasteiger partial charge in [-0.15, -0.1) is 0 Å². The van der Waals surface area contributed by atoms with Crippen molar-refractivity contribution in [2.24, 2.45) is 0 Å². The highest BCUT2D eigenvalue weighted by Crippen LogP contribution is 2.20. The van der Waals surface area contributed by atoms with E-state index in [-0.39, 0.29) is 0 Å². The van der Waals surface area contributed by atoms with E-state index in [1.54, 1.807) is 0 Å². The summed E-state index contributed by atoms with van der Waals surface area (Å²) in [5.74, 6) is 0. The SMILES string of the molecule is CCO[Si](C)(CCCCCCCC[Si](C)(C)O[SiH](C)C)OCC. The van der Waals surface area contributed by atoms with Crippen molar-refractivity contribution in [3.8, 4) is 0 Å². The topological polar surface area (TPSA) is 27.7 Å². The summed E-state index contributed by atoms with van der Waals surface area (Å²) >= 11 is 0. The van der Waals surface area contributed by atoms with Crippen molar-refractivity contribution < 1.29 is 13.0 Å². The molecule has 0 aliphatic heterocycles. The van der Waals surface area contributed by atoms with Gasteiger partial charge in [0.1, 0.15) is 0 Å². The average Bonchev–Trinajstić information content (AvgIpc) is 2.40. The normalized spacial score (nSPS) is 13.0. The van der Waals surface area contributed by atoms with E-state index in [1.165, 1.54) is 44.6 Å². The van der Waals surface area contributed by atoms with Crippen LogP contribution in [0.4, 0.5) is 0 Å². The highest BCUT2D eigenvalue weighted by atomic mass is 28.4. The van der Waals surface area contributed by atoms with Crippen molar-refractivity contribution in [2.75, 3.05) is 13.2 Å².